The fourth-order valence-corrected chi connectivity index (χ4v) is 2.36. The quantitative estimate of drug-likeness (QED) is 0.576. The number of esters is 1. The topological polar surface area (TPSA) is 68.3 Å². The molecule has 3 rings (SSSR count). The summed E-state index contributed by atoms with van der Waals surface area (Å²) in [5, 5.41) is 2.82. The molecule has 2 aromatic carbocycles. The summed E-state index contributed by atoms with van der Waals surface area (Å²) in [6, 6.07) is 17.5. The summed E-state index contributed by atoms with van der Waals surface area (Å²) >= 11 is 0. The number of amides is 1. The minimum Gasteiger partial charge on any atom is -0.465 e. The molecule has 0 bridgehead atoms. The van der Waals surface area contributed by atoms with Crippen molar-refractivity contribution in [3.63, 3.8) is 0 Å². The van der Waals surface area contributed by atoms with Gasteiger partial charge in [0.1, 0.15) is 0 Å². The van der Waals surface area contributed by atoms with Crippen molar-refractivity contribution in [1.29, 1.82) is 0 Å². The highest BCUT2D eigenvalue weighted by atomic mass is 16.5. The number of carbonyl (C=O) groups excluding carboxylic acids is 2. The van der Waals surface area contributed by atoms with Gasteiger partial charge in [0.2, 0.25) is 0 Å². The maximum atomic E-state index is 12.2. The minimum absolute atomic E-state index is 0.237. The van der Waals surface area contributed by atoms with E-state index in [0.29, 0.717) is 22.4 Å². The van der Waals surface area contributed by atoms with Crippen molar-refractivity contribution >= 4 is 17.6 Å². The maximum Gasteiger partial charge on any atom is 0.337 e. The Morgan fingerprint density at radius 3 is 2.33 bits per heavy atom. The van der Waals surface area contributed by atoms with E-state index in [9.17, 15) is 9.59 Å². The van der Waals surface area contributed by atoms with Crippen LogP contribution in [0.2, 0.25) is 0 Å². The van der Waals surface area contributed by atoms with Gasteiger partial charge >= 0.3 is 5.97 Å². The number of methoxy groups -OCH3 is 1. The van der Waals surface area contributed by atoms with Crippen LogP contribution in [0.15, 0.2) is 73.1 Å². The third kappa shape index (κ3) is 4.80. The number of anilines is 1. The number of ether oxygens (including phenoxy) is 1. The van der Waals surface area contributed by atoms with Gasteiger partial charge < -0.3 is 10.1 Å². The molecule has 0 aliphatic rings. The van der Waals surface area contributed by atoms with Crippen molar-refractivity contribution in [2.75, 3.05) is 12.4 Å². The fraction of sp³-hybridized carbons (Fsp3) is 0.0455. The molecule has 0 saturated carbocycles. The molecule has 1 amide bonds. The minimum atomic E-state index is -0.404. The van der Waals surface area contributed by atoms with Gasteiger partial charge in [-0.15, -0.1) is 0 Å². The van der Waals surface area contributed by atoms with Gasteiger partial charge in [-0.25, -0.2) is 4.79 Å². The Hall–Kier alpha value is -3.91. The van der Waals surface area contributed by atoms with Gasteiger partial charge in [0.05, 0.1) is 18.2 Å². The van der Waals surface area contributed by atoms with Crippen LogP contribution in [0.25, 0.3) is 0 Å². The highest BCUT2D eigenvalue weighted by Crippen LogP contribution is 2.12. The molecule has 3 aromatic rings. The molecule has 1 aromatic heterocycles. The molecule has 1 heterocycles. The lowest BCUT2D eigenvalue weighted by molar-refractivity contribution is 0.0600. The second kappa shape index (κ2) is 8.45. The van der Waals surface area contributed by atoms with E-state index in [1.807, 2.05) is 18.2 Å². The predicted octanol–water partition coefficient (Wildman–Crippen LogP) is 3.52. The largest absolute Gasteiger partial charge is 0.465 e. The first-order valence-corrected chi connectivity index (χ1v) is 8.17. The molecule has 5 heteroatoms. The summed E-state index contributed by atoms with van der Waals surface area (Å²) in [6.45, 7) is 0. The average Bonchev–Trinajstić information content (AvgIpc) is 2.73. The van der Waals surface area contributed by atoms with Crippen molar-refractivity contribution in [1.82, 2.24) is 4.98 Å². The maximum absolute atomic E-state index is 12.2. The van der Waals surface area contributed by atoms with Gasteiger partial charge in [0, 0.05) is 29.2 Å². The Balaban J connectivity index is 1.76. The zero-order valence-corrected chi connectivity index (χ0v) is 14.6. The van der Waals surface area contributed by atoms with Gasteiger partial charge in [-0.1, -0.05) is 24.0 Å². The summed E-state index contributed by atoms with van der Waals surface area (Å²) in [6.07, 6.45) is 3.12. The number of rotatable bonds is 3. The van der Waals surface area contributed by atoms with Crippen LogP contribution in [-0.2, 0) is 4.74 Å². The fourth-order valence-electron chi connectivity index (χ4n) is 2.36. The van der Waals surface area contributed by atoms with Gasteiger partial charge in [-0.3, -0.25) is 9.78 Å². The van der Waals surface area contributed by atoms with Crippen molar-refractivity contribution in [3.8, 4) is 11.8 Å². The molecular formula is C22H16N2O3. The van der Waals surface area contributed by atoms with Gasteiger partial charge in [0.25, 0.3) is 5.91 Å². The predicted molar refractivity (Wildman–Crippen MR) is 102 cm³/mol. The summed E-state index contributed by atoms with van der Waals surface area (Å²) < 4.78 is 4.71. The standard InChI is InChI=1S/C22H16N2O3/c1-27-22(26)18-7-2-5-16(13-18)10-11-17-6-3-9-20(14-17)24-21(25)19-8-4-12-23-15-19/h2-9,12-15H,1H3,(H,24,25). The first kappa shape index (κ1) is 17.9. The zero-order valence-electron chi connectivity index (χ0n) is 14.6. The zero-order chi connectivity index (χ0) is 19.1. The number of nitrogens with zero attached hydrogens (tertiary/aromatic N) is 1. The number of nitrogens with one attached hydrogen (secondary N) is 1. The van der Waals surface area contributed by atoms with E-state index in [2.05, 4.69) is 22.1 Å². The molecule has 0 atom stereocenters. The molecule has 5 nitrogen and oxygen atoms in total. The van der Waals surface area contributed by atoms with Gasteiger partial charge in [0.15, 0.2) is 0 Å². The number of hydrogen-bond acceptors (Lipinski definition) is 4. The Morgan fingerprint density at radius 1 is 0.926 bits per heavy atom. The average molecular weight is 356 g/mol. The number of benzene rings is 2. The highest BCUT2D eigenvalue weighted by Gasteiger charge is 2.06. The van der Waals surface area contributed by atoms with E-state index in [0.717, 1.165) is 5.56 Å². The van der Waals surface area contributed by atoms with Crippen molar-refractivity contribution in [2.45, 2.75) is 0 Å². The van der Waals surface area contributed by atoms with Crippen LogP contribution in [0.3, 0.4) is 0 Å². The van der Waals surface area contributed by atoms with E-state index in [-0.39, 0.29) is 5.91 Å². The number of aromatic nitrogens is 1. The Labute approximate surface area is 157 Å². The highest BCUT2D eigenvalue weighted by molar-refractivity contribution is 6.04. The monoisotopic (exact) mass is 356 g/mol. The van der Waals surface area contributed by atoms with Gasteiger partial charge in [-0.2, -0.15) is 0 Å². The van der Waals surface area contributed by atoms with Crippen molar-refractivity contribution in [2.24, 2.45) is 0 Å². The Morgan fingerprint density at radius 2 is 1.63 bits per heavy atom. The van der Waals surface area contributed by atoms with Gasteiger partial charge in [-0.05, 0) is 48.5 Å². The van der Waals surface area contributed by atoms with Crippen LogP contribution < -0.4 is 5.32 Å². The molecule has 0 aliphatic heterocycles. The summed E-state index contributed by atoms with van der Waals surface area (Å²) in [5.74, 6) is 5.40. The molecule has 0 unspecified atom stereocenters. The van der Waals surface area contributed by atoms with Crippen LogP contribution in [0.4, 0.5) is 5.69 Å². The molecule has 0 aliphatic carbocycles. The summed E-state index contributed by atoms with van der Waals surface area (Å²) in [5.41, 5.74) is 3.00. The normalized spacial score (nSPS) is 9.67. The molecule has 0 fully saturated rings. The Kier molecular flexibility index (Phi) is 5.60. The van der Waals surface area contributed by atoms with Crippen LogP contribution in [0.1, 0.15) is 31.8 Å². The smallest absolute Gasteiger partial charge is 0.337 e. The van der Waals surface area contributed by atoms with Crippen molar-refractivity contribution < 1.29 is 14.3 Å². The summed E-state index contributed by atoms with van der Waals surface area (Å²) in [7, 11) is 1.34. The number of carbonyl (C=O) groups is 2. The van der Waals surface area contributed by atoms with E-state index in [1.165, 1.54) is 13.3 Å². The molecule has 0 radical (unpaired) electrons. The lowest BCUT2D eigenvalue weighted by atomic mass is 10.1. The molecule has 0 spiro atoms. The van der Waals surface area contributed by atoms with E-state index < -0.39 is 5.97 Å². The molecular weight excluding hydrogens is 340 g/mol. The van der Waals surface area contributed by atoms with E-state index >= 15 is 0 Å². The molecule has 27 heavy (non-hydrogen) atoms. The lowest BCUT2D eigenvalue weighted by Gasteiger charge is -2.05. The number of pyridine rings is 1. The summed E-state index contributed by atoms with van der Waals surface area (Å²) in [4.78, 5) is 27.7. The SMILES string of the molecule is COC(=O)c1cccc(C#Cc2cccc(NC(=O)c3cccnc3)c2)c1. The first-order chi connectivity index (χ1) is 13.2. The number of hydrogen-bond donors (Lipinski definition) is 1. The van der Waals surface area contributed by atoms with Crippen LogP contribution in [-0.4, -0.2) is 24.0 Å². The lowest BCUT2D eigenvalue weighted by Crippen LogP contribution is -2.11. The third-order valence-electron chi connectivity index (χ3n) is 3.68. The molecule has 0 saturated heterocycles. The third-order valence-corrected chi connectivity index (χ3v) is 3.68. The molecule has 132 valence electrons. The Bertz CT molecular complexity index is 1030. The van der Waals surface area contributed by atoms with E-state index in [4.69, 9.17) is 4.74 Å². The van der Waals surface area contributed by atoms with Crippen LogP contribution in [0.5, 0.6) is 0 Å². The van der Waals surface area contributed by atoms with Crippen LogP contribution >= 0.6 is 0 Å². The molecule has 1 N–H and O–H groups in total. The van der Waals surface area contributed by atoms with Crippen molar-refractivity contribution in [3.05, 3.63) is 95.3 Å². The second-order valence-corrected chi connectivity index (χ2v) is 5.60. The first-order valence-electron chi connectivity index (χ1n) is 8.17. The van der Waals surface area contributed by atoms with E-state index in [1.54, 1.807) is 48.7 Å². The second-order valence-electron chi connectivity index (χ2n) is 5.60. The van der Waals surface area contributed by atoms with Crippen LogP contribution in [0, 0.1) is 11.8 Å².